The standard InChI is InChI=1S/C17H14N6OS/c1-23-16(13-5-3-7-19-10-13)21-22-17(23)25-11-15(24)20-14-6-2-4-12(8-14)9-18/h2-8,10H,11H2,1H3,(H,20,24). The van der Waals surface area contributed by atoms with E-state index in [1.165, 1.54) is 11.8 Å². The summed E-state index contributed by atoms with van der Waals surface area (Å²) in [6, 6.07) is 12.6. The summed E-state index contributed by atoms with van der Waals surface area (Å²) in [5.74, 6) is 0.708. The Hall–Kier alpha value is -3.18. The topological polar surface area (TPSA) is 96.5 Å². The van der Waals surface area contributed by atoms with Gasteiger partial charge in [-0.05, 0) is 30.3 Å². The van der Waals surface area contributed by atoms with Crippen LogP contribution >= 0.6 is 11.8 Å². The highest BCUT2D eigenvalue weighted by Crippen LogP contribution is 2.22. The summed E-state index contributed by atoms with van der Waals surface area (Å²) in [5.41, 5.74) is 1.96. The zero-order valence-corrected chi connectivity index (χ0v) is 14.2. The lowest BCUT2D eigenvalue weighted by Crippen LogP contribution is -2.14. The van der Waals surface area contributed by atoms with E-state index in [2.05, 4.69) is 20.5 Å². The Morgan fingerprint density at radius 3 is 2.96 bits per heavy atom. The van der Waals surface area contributed by atoms with Gasteiger partial charge in [-0.3, -0.25) is 9.78 Å². The summed E-state index contributed by atoms with van der Waals surface area (Å²) in [6.07, 6.45) is 3.41. The van der Waals surface area contributed by atoms with Gasteiger partial charge in [0.05, 0.1) is 17.4 Å². The molecule has 0 unspecified atom stereocenters. The molecule has 1 amide bonds. The number of hydrogen-bond acceptors (Lipinski definition) is 6. The van der Waals surface area contributed by atoms with E-state index >= 15 is 0 Å². The number of carbonyl (C=O) groups excluding carboxylic acids is 1. The Morgan fingerprint density at radius 2 is 2.20 bits per heavy atom. The highest BCUT2D eigenvalue weighted by Gasteiger charge is 2.13. The summed E-state index contributed by atoms with van der Waals surface area (Å²) < 4.78 is 1.82. The number of nitrogens with zero attached hydrogens (tertiary/aromatic N) is 5. The van der Waals surface area contributed by atoms with E-state index in [9.17, 15) is 4.79 Å². The van der Waals surface area contributed by atoms with Gasteiger partial charge in [-0.15, -0.1) is 10.2 Å². The smallest absolute Gasteiger partial charge is 0.234 e. The van der Waals surface area contributed by atoms with E-state index in [0.29, 0.717) is 22.2 Å². The molecule has 0 aliphatic heterocycles. The van der Waals surface area contributed by atoms with E-state index in [1.807, 2.05) is 29.8 Å². The number of rotatable bonds is 5. The van der Waals surface area contributed by atoms with Gasteiger partial charge in [0, 0.05) is 30.7 Å². The maximum atomic E-state index is 12.1. The van der Waals surface area contributed by atoms with Gasteiger partial charge in [-0.1, -0.05) is 17.8 Å². The number of nitriles is 1. The van der Waals surface area contributed by atoms with Crippen molar-refractivity contribution in [3.8, 4) is 17.5 Å². The molecule has 0 atom stereocenters. The molecule has 3 aromatic rings. The number of carbonyl (C=O) groups is 1. The van der Waals surface area contributed by atoms with Crippen LogP contribution in [-0.2, 0) is 11.8 Å². The second-order valence-electron chi connectivity index (χ2n) is 5.14. The third kappa shape index (κ3) is 4.02. The molecule has 7 nitrogen and oxygen atoms in total. The largest absolute Gasteiger partial charge is 0.325 e. The Morgan fingerprint density at radius 1 is 1.32 bits per heavy atom. The van der Waals surface area contributed by atoms with Gasteiger partial charge in [-0.2, -0.15) is 5.26 Å². The van der Waals surface area contributed by atoms with Crippen LogP contribution in [0.1, 0.15) is 5.56 Å². The van der Waals surface area contributed by atoms with Crippen molar-refractivity contribution in [3.63, 3.8) is 0 Å². The molecular formula is C17H14N6OS. The number of amides is 1. The van der Waals surface area contributed by atoms with Gasteiger partial charge in [-0.25, -0.2) is 0 Å². The van der Waals surface area contributed by atoms with Gasteiger partial charge in [0.1, 0.15) is 0 Å². The molecule has 0 aliphatic carbocycles. The fraction of sp³-hybridized carbons (Fsp3) is 0.118. The lowest BCUT2D eigenvalue weighted by Gasteiger charge is -2.06. The van der Waals surface area contributed by atoms with Crippen molar-refractivity contribution in [3.05, 3.63) is 54.4 Å². The Bertz CT molecular complexity index is 932. The molecule has 124 valence electrons. The average molecular weight is 350 g/mol. The van der Waals surface area contributed by atoms with Gasteiger partial charge >= 0.3 is 0 Å². The van der Waals surface area contributed by atoms with E-state index < -0.39 is 0 Å². The van der Waals surface area contributed by atoms with Crippen LogP contribution in [-0.4, -0.2) is 31.4 Å². The monoisotopic (exact) mass is 350 g/mol. The number of benzene rings is 1. The fourth-order valence-electron chi connectivity index (χ4n) is 2.18. The maximum Gasteiger partial charge on any atom is 0.234 e. The highest BCUT2D eigenvalue weighted by atomic mass is 32.2. The first-order valence-electron chi connectivity index (χ1n) is 7.40. The molecule has 0 bridgehead atoms. The van der Waals surface area contributed by atoms with E-state index in [-0.39, 0.29) is 11.7 Å². The minimum atomic E-state index is -0.175. The molecule has 0 fully saturated rings. The molecule has 1 N–H and O–H groups in total. The van der Waals surface area contributed by atoms with Crippen LogP contribution in [0, 0.1) is 11.3 Å². The summed E-state index contributed by atoms with van der Waals surface area (Å²) in [5, 5.41) is 20.6. The molecule has 0 aliphatic rings. The molecule has 2 heterocycles. The molecular weight excluding hydrogens is 336 g/mol. The zero-order valence-electron chi connectivity index (χ0n) is 13.4. The first-order valence-corrected chi connectivity index (χ1v) is 8.38. The van der Waals surface area contributed by atoms with Crippen molar-refractivity contribution >= 4 is 23.4 Å². The van der Waals surface area contributed by atoms with E-state index in [1.54, 1.807) is 36.7 Å². The lowest BCUT2D eigenvalue weighted by molar-refractivity contribution is -0.113. The van der Waals surface area contributed by atoms with Gasteiger partial charge in [0.2, 0.25) is 5.91 Å². The van der Waals surface area contributed by atoms with Gasteiger partial charge in [0.25, 0.3) is 0 Å². The number of thioether (sulfide) groups is 1. The molecule has 0 saturated heterocycles. The molecule has 2 aromatic heterocycles. The summed E-state index contributed by atoms with van der Waals surface area (Å²) in [7, 11) is 1.85. The normalized spacial score (nSPS) is 10.2. The number of anilines is 1. The third-order valence-electron chi connectivity index (χ3n) is 3.36. The first-order chi connectivity index (χ1) is 12.2. The fourth-order valence-corrected chi connectivity index (χ4v) is 2.89. The van der Waals surface area contributed by atoms with Crippen molar-refractivity contribution in [2.45, 2.75) is 5.16 Å². The summed E-state index contributed by atoms with van der Waals surface area (Å²) in [6.45, 7) is 0. The lowest BCUT2D eigenvalue weighted by atomic mass is 10.2. The first kappa shape index (κ1) is 16.7. The Kier molecular flexibility index (Phi) is 5.06. The molecule has 0 saturated carbocycles. The van der Waals surface area contributed by atoms with Crippen molar-refractivity contribution in [2.75, 3.05) is 11.1 Å². The van der Waals surface area contributed by atoms with Crippen molar-refractivity contribution in [2.24, 2.45) is 7.05 Å². The molecule has 3 rings (SSSR count). The second-order valence-corrected chi connectivity index (χ2v) is 6.08. The maximum absolute atomic E-state index is 12.1. The van der Waals surface area contributed by atoms with Crippen molar-refractivity contribution in [1.82, 2.24) is 19.7 Å². The van der Waals surface area contributed by atoms with E-state index in [0.717, 1.165) is 5.56 Å². The summed E-state index contributed by atoms with van der Waals surface area (Å²) >= 11 is 1.29. The second kappa shape index (κ2) is 7.59. The molecule has 0 spiro atoms. The Balaban J connectivity index is 1.63. The third-order valence-corrected chi connectivity index (χ3v) is 4.38. The highest BCUT2D eigenvalue weighted by molar-refractivity contribution is 7.99. The molecule has 25 heavy (non-hydrogen) atoms. The van der Waals surface area contributed by atoms with Gasteiger partial charge in [0.15, 0.2) is 11.0 Å². The Labute approximate surface area is 148 Å². The number of nitrogens with one attached hydrogen (secondary N) is 1. The van der Waals surface area contributed by atoms with Crippen LogP contribution in [0.4, 0.5) is 5.69 Å². The molecule has 8 heteroatoms. The quantitative estimate of drug-likeness (QED) is 0.710. The van der Waals surface area contributed by atoms with E-state index in [4.69, 9.17) is 5.26 Å². The van der Waals surface area contributed by atoms with Crippen LogP contribution in [0.2, 0.25) is 0 Å². The zero-order chi connectivity index (χ0) is 17.6. The van der Waals surface area contributed by atoms with Crippen LogP contribution < -0.4 is 5.32 Å². The predicted molar refractivity (Wildman–Crippen MR) is 94.7 cm³/mol. The minimum Gasteiger partial charge on any atom is -0.325 e. The summed E-state index contributed by atoms with van der Waals surface area (Å²) in [4.78, 5) is 16.2. The predicted octanol–water partition coefficient (Wildman–Crippen LogP) is 2.48. The number of hydrogen-bond donors (Lipinski definition) is 1. The SMILES string of the molecule is Cn1c(SCC(=O)Nc2cccc(C#N)c2)nnc1-c1cccnc1. The molecule has 0 radical (unpaired) electrons. The van der Waals surface area contributed by atoms with Gasteiger partial charge < -0.3 is 9.88 Å². The van der Waals surface area contributed by atoms with Crippen LogP contribution in [0.25, 0.3) is 11.4 Å². The molecule has 1 aromatic carbocycles. The van der Waals surface area contributed by atoms with Crippen LogP contribution in [0.5, 0.6) is 0 Å². The average Bonchev–Trinajstić information content (AvgIpc) is 3.01. The van der Waals surface area contributed by atoms with Crippen molar-refractivity contribution in [1.29, 1.82) is 5.26 Å². The van der Waals surface area contributed by atoms with Crippen LogP contribution in [0.3, 0.4) is 0 Å². The minimum absolute atomic E-state index is 0.175. The van der Waals surface area contributed by atoms with Crippen LogP contribution in [0.15, 0.2) is 53.9 Å². The number of aromatic nitrogens is 4. The number of pyridine rings is 1. The van der Waals surface area contributed by atoms with Crippen molar-refractivity contribution < 1.29 is 4.79 Å².